The lowest BCUT2D eigenvalue weighted by molar-refractivity contribution is 0.398. The summed E-state index contributed by atoms with van der Waals surface area (Å²) in [6.45, 7) is 1.22. The molecule has 0 spiro atoms. The van der Waals surface area contributed by atoms with Crippen LogP contribution in [0.15, 0.2) is 23.1 Å². The maximum absolute atomic E-state index is 3.65. The zero-order valence-electron chi connectivity index (χ0n) is 9.67. The van der Waals surface area contributed by atoms with Crippen LogP contribution in [0.2, 0.25) is 0 Å². The molecule has 1 atom stereocenters. The quantitative estimate of drug-likeness (QED) is 0.842. The van der Waals surface area contributed by atoms with E-state index >= 15 is 0 Å². The molecule has 1 aromatic carbocycles. The van der Waals surface area contributed by atoms with Gasteiger partial charge >= 0.3 is 0 Å². The fraction of sp³-hybridized carbons (Fsp3) is 0.571. The van der Waals surface area contributed by atoms with Crippen molar-refractivity contribution in [1.29, 1.82) is 0 Å². The Labute approximate surface area is 102 Å². The smallest absolute Gasteiger partial charge is 0.0108 e. The molecule has 16 heavy (non-hydrogen) atoms. The predicted octanol–water partition coefficient (Wildman–Crippen LogP) is 3.02. The first kappa shape index (κ1) is 10.7. The number of fused-ring (bicyclic) bond motifs is 1. The van der Waals surface area contributed by atoms with Crippen LogP contribution in [-0.2, 0) is 12.8 Å². The fourth-order valence-corrected chi connectivity index (χ4v) is 3.96. The molecule has 1 saturated heterocycles. The topological polar surface area (TPSA) is 12.0 Å². The first-order valence-electron chi connectivity index (χ1n) is 6.40. The first-order valence-corrected chi connectivity index (χ1v) is 7.39. The largest absolute Gasteiger partial charge is 0.314 e. The van der Waals surface area contributed by atoms with Crippen LogP contribution < -0.4 is 5.32 Å². The third kappa shape index (κ3) is 2.14. The van der Waals surface area contributed by atoms with Crippen molar-refractivity contribution in [3.8, 4) is 0 Å². The Kier molecular flexibility index (Phi) is 3.20. The Hall–Kier alpha value is -0.470. The van der Waals surface area contributed by atoms with E-state index in [-0.39, 0.29) is 0 Å². The van der Waals surface area contributed by atoms with Gasteiger partial charge in [-0.3, -0.25) is 0 Å². The van der Waals surface area contributed by atoms with Gasteiger partial charge in [0.2, 0.25) is 0 Å². The number of piperidine rings is 1. The van der Waals surface area contributed by atoms with Crippen molar-refractivity contribution >= 4 is 11.8 Å². The predicted molar refractivity (Wildman–Crippen MR) is 70.2 cm³/mol. The van der Waals surface area contributed by atoms with E-state index in [0.717, 1.165) is 6.04 Å². The van der Waals surface area contributed by atoms with Crippen molar-refractivity contribution in [2.75, 3.05) is 12.3 Å². The van der Waals surface area contributed by atoms with Crippen LogP contribution in [0.1, 0.15) is 30.4 Å². The lowest BCUT2D eigenvalue weighted by atomic mass is 9.94. The summed E-state index contributed by atoms with van der Waals surface area (Å²) in [5, 5.41) is 3.65. The number of thioether (sulfide) groups is 1. The van der Waals surface area contributed by atoms with Gasteiger partial charge in [-0.15, -0.1) is 11.8 Å². The van der Waals surface area contributed by atoms with Crippen molar-refractivity contribution in [2.45, 2.75) is 43.0 Å². The molecule has 1 fully saturated rings. The van der Waals surface area contributed by atoms with Crippen LogP contribution >= 0.6 is 11.8 Å². The van der Waals surface area contributed by atoms with Crippen molar-refractivity contribution < 1.29 is 0 Å². The van der Waals surface area contributed by atoms with E-state index in [9.17, 15) is 0 Å². The maximum Gasteiger partial charge on any atom is 0.0108 e. The monoisotopic (exact) mass is 233 g/mol. The third-order valence-electron chi connectivity index (χ3n) is 3.72. The summed E-state index contributed by atoms with van der Waals surface area (Å²) in [6, 6.07) is 7.58. The highest BCUT2D eigenvalue weighted by molar-refractivity contribution is 7.99. The second-order valence-electron chi connectivity index (χ2n) is 4.84. The van der Waals surface area contributed by atoms with E-state index in [4.69, 9.17) is 0 Å². The summed E-state index contributed by atoms with van der Waals surface area (Å²) in [4.78, 5) is 1.54. The molecule has 1 N–H and O–H groups in total. The average molecular weight is 233 g/mol. The van der Waals surface area contributed by atoms with Crippen LogP contribution in [-0.4, -0.2) is 18.3 Å². The second-order valence-corrected chi connectivity index (χ2v) is 5.98. The van der Waals surface area contributed by atoms with E-state index in [2.05, 4.69) is 23.5 Å². The molecule has 1 nitrogen and oxygen atoms in total. The average Bonchev–Trinajstić information content (AvgIpc) is 2.80. The molecule has 0 saturated carbocycles. The SMILES string of the molecule is c1cc(CC2CCCCN2)c2c(c1)SCC2. The molecule has 0 aliphatic carbocycles. The van der Waals surface area contributed by atoms with Crippen LogP contribution in [0, 0.1) is 0 Å². The molecule has 1 unspecified atom stereocenters. The van der Waals surface area contributed by atoms with Gasteiger partial charge in [0.15, 0.2) is 0 Å². The highest BCUT2D eigenvalue weighted by Crippen LogP contribution is 2.34. The molecule has 0 bridgehead atoms. The molecule has 1 aromatic rings. The number of nitrogens with one attached hydrogen (secondary N) is 1. The van der Waals surface area contributed by atoms with Gasteiger partial charge in [-0.1, -0.05) is 18.6 Å². The Bertz CT molecular complexity index is 369. The zero-order valence-corrected chi connectivity index (χ0v) is 10.5. The number of benzene rings is 1. The van der Waals surface area contributed by atoms with Crippen molar-refractivity contribution in [1.82, 2.24) is 5.32 Å². The Morgan fingerprint density at radius 1 is 1.31 bits per heavy atom. The summed E-state index contributed by atoms with van der Waals surface area (Å²) in [7, 11) is 0. The Morgan fingerprint density at radius 2 is 2.31 bits per heavy atom. The van der Waals surface area contributed by atoms with Crippen LogP contribution in [0.5, 0.6) is 0 Å². The van der Waals surface area contributed by atoms with E-state index in [1.807, 2.05) is 11.8 Å². The minimum atomic E-state index is 0.728. The highest BCUT2D eigenvalue weighted by Gasteiger charge is 2.18. The Morgan fingerprint density at radius 3 is 3.19 bits per heavy atom. The van der Waals surface area contributed by atoms with Crippen molar-refractivity contribution in [3.63, 3.8) is 0 Å². The normalized spacial score (nSPS) is 24.4. The minimum absolute atomic E-state index is 0.728. The van der Waals surface area contributed by atoms with E-state index in [1.54, 1.807) is 11.1 Å². The molecule has 3 rings (SSSR count). The van der Waals surface area contributed by atoms with E-state index < -0.39 is 0 Å². The molecule has 2 aliphatic rings. The molecule has 2 heterocycles. The highest BCUT2D eigenvalue weighted by atomic mass is 32.2. The molecule has 0 aromatic heterocycles. The van der Waals surface area contributed by atoms with Gasteiger partial charge in [-0.2, -0.15) is 0 Å². The minimum Gasteiger partial charge on any atom is -0.314 e. The molecule has 0 amide bonds. The summed E-state index contributed by atoms with van der Waals surface area (Å²) in [5.74, 6) is 1.28. The van der Waals surface area contributed by atoms with E-state index in [1.165, 1.54) is 49.3 Å². The first-order chi connectivity index (χ1) is 7.93. The van der Waals surface area contributed by atoms with Gasteiger partial charge in [-0.25, -0.2) is 0 Å². The van der Waals surface area contributed by atoms with Gasteiger partial charge in [-0.05, 0) is 49.4 Å². The van der Waals surface area contributed by atoms with Gasteiger partial charge in [0.1, 0.15) is 0 Å². The molecule has 2 heteroatoms. The standard InChI is InChI=1S/C14H19NS/c1-2-8-15-12(5-1)10-11-4-3-6-14-13(11)7-9-16-14/h3-4,6,12,15H,1-2,5,7-10H2. The summed E-state index contributed by atoms with van der Waals surface area (Å²) >= 11 is 2.02. The lowest BCUT2D eigenvalue weighted by Crippen LogP contribution is -2.35. The van der Waals surface area contributed by atoms with Crippen LogP contribution in [0.4, 0.5) is 0 Å². The van der Waals surface area contributed by atoms with E-state index in [0.29, 0.717) is 0 Å². The van der Waals surface area contributed by atoms with Crippen molar-refractivity contribution in [3.05, 3.63) is 29.3 Å². The molecular weight excluding hydrogens is 214 g/mol. The maximum atomic E-state index is 3.65. The van der Waals surface area contributed by atoms with Crippen LogP contribution in [0.3, 0.4) is 0 Å². The number of rotatable bonds is 2. The molecule has 0 radical (unpaired) electrons. The van der Waals surface area contributed by atoms with Crippen molar-refractivity contribution in [2.24, 2.45) is 0 Å². The third-order valence-corrected chi connectivity index (χ3v) is 4.82. The summed E-state index contributed by atoms with van der Waals surface area (Å²) < 4.78 is 0. The van der Waals surface area contributed by atoms with Gasteiger partial charge in [0.05, 0.1) is 0 Å². The lowest BCUT2D eigenvalue weighted by Gasteiger charge is -2.24. The molecule has 2 aliphatic heterocycles. The summed E-state index contributed by atoms with van der Waals surface area (Å²) in [5.41, 5.74) is 3.24. The zero-order chi connectivity index (χ0) is 10.8. The van der Waals surface area contributed by atoms with Crippen LogP contribution in [0.25, 0.3) is 0 Å². The van der Waals surface area contributed by atoms with Gasteiger partial charge in [0.25, 0.3) is 0 Å². The number of hydrogen-bond donors (Lipinski definition) is 1. The molecule has 86 valence electrons. The molecular formula is C14H19NS. The fourth-order valence-electron chi connectivity index (χ4n) is 2.85. The summed E-state index contributed by atoms with van der Waals surface area (Å²) in [6.07, 6.45) is 6.64. The number of hydrogen-bond acceptors (Lipinski definition) is 2. The van der Waals surface area contributed by atoms with Gasteiger partial charge in [0, 0.05) is 16.7 Å². The second kappa shape index (κ2) is 4.80. The van der Waals surface area contributed by atoms with Gasteiger partial charge < -0.3 is 5.32 Å². The Balaban J connectivity index is 1.76.